The van der Waals surface area contributed by atoms with Crippen LogP contribution in [0.4, 0.5) is 17.1 Å². The second-order valence-corrected chi connectivity index (χ2v) is 6.59. The summed E-state index contributed by atoms with van der Waals surface area (Å²) in [5.41, 5.74) is 2.32. The second kappa shape index (κ2) is 8.97. The minimum absolute atomic E-state index is 0.0532. The van der Waals surface area contributed by atoms with Gasteiger partial charge in [0.1, 0.15) is 0 Å². The SMILES string of the molecule is N#Cc1ccc(NC(=O)CCN2CCN(c3ccc([N+](=O)[O-])cc3)CC2)cc1. The van der Waals surface area contributed by atoms with Crippen molar-refractivity contribution in [3.63, 3.8) is 0 Å². The van der Waals surface area contributed by atoms with Gasteiger partial charge in [-0.15, -0.1) is 0 Å². The van der Waals surface area contributed by atoms with Gasteiger partial charge in [0.15, 0.2) is 0 Å². The molecule has 0 spiro atoms. The van der Waals surface area contributed by atoms with E-state index in [2.05, 4.69) is 15.1 Å². The van der Waals surface area contributed by atoms with Gasteiger partial charge in [0.05, 0.1) is 16.6 Å². The summed E-state index contributed by atoms with van der Waals surface area (Å²) in [4.78, 5) is 26.9. The van der Waals surface area contributed by atoms with E-state index in [1.165, 1.54) is 12.1 Å². The van der Waals surface area contributed by atoms with Gasteiger partial charge in [-0.3, -0.25) is 19.8 Å². The van der Waals surface area contributed by atoms with Crippen LogP contribution in [0, 0.1) is 21.4 Å². The highest BCUT2D eigenvalue weighted by atomic mass is 16.6. The number of amides is 1. The number of non-ortho nitro benzene ring substituents is 1. The van der Waals surface area contributed by atoms with E-state index >= 15 is 0 Å². The number of hydrogen-bond donors (Lipinski definition) is 1. The number of carbonyl (C=O) groups is 1. The van der Waals surface area contributed by atoms with Crippen molar-refractivity contribution in [3.8, 4) is 6.07 Å². The fraction of sp³-hybridized carbons (Fsp3) is 0.300. The van der Waals surface area contributed by atoms with Gasteiger partial charge in [-0.1, -0.05) is 0 Å². The lowest BCUT2D eigenvalue weighted by Crippen LogP contribution is -2.47. The minimum Gasteiger partial charge on any atom is -0.369 e. The Morgan fingerprint density at radius 2 is 1.71 bits per heavy atom. The summed E-state index contributed by atoms with van der Waals surface area (Å²) >= 11 is 0. The third-order valence-corrected chi connectivity index (χ3v) is 4.75. The highest BCUT2D eigenvalue weighted by Gasteiger charge is 2.18. The number of rotatable bonds is 6. The van der Waals surface area contributed by atoms with E-state index in [-0.39, 0.29) is 11.6 Å². The van der Waals surface area contributed by atoms with Gasteiger partial charge in [-0.2, -0.15) is 5.26 Å². The number of anilines is 2. The van der Waals surface area contributed by atoms with Crippen LogP contribution in [0.5, 0.6) is 0 Å². The van der Waals surface area contributed by atoms with Crippen LogP contribution in [0.1, 0.15) is 12.0 Å². The van der Waals surface area contributed by atoms with Gasteiger partial charge in [-0.25, -0.2) is 0 Å². The Balaban J connectivity index is 1.42. The van der Waals surface area contributed by atoms with Crippen molar-refractivity contribution < 1.29 is 9.72 Å². The Morgan fingerprint density at radius 1 is 1.07 bits per heavy atom. The highest BCUT2D eigenvalue weighted by molar-refractivity contribution is 5.90. The molecule has 28 heavy (non-hydrogen) atoms. The van der Waals surface area contributed by atoms with Crippen molar-refractivity contribution in [3.05, 3.63) is 64.2 Å². The molecular weight excluding hydrogens is 358 g/mol. The standard InChI is InChI=1S/C20H21N5O3/c21-15-16-1-3-17(4-2-16)22-20(26)9-10-23-11-13-24(14-12-23)18-5-7-19(8-6-18)25(27)28/h1-8H,9-14H2,(H,22,26). The monoisotopic (exact) mass is 379 g/mol. The zero-order valence-corrected chi connectivity index (χ0v) is 15.4. The Labute approximate surface area is 163 Å². The number of nitro groups is 1. The zero-order valence-electron chi connectivity index (χ0n) is 15.4. The average molecular weight is 379 g/mol. The van der Waals surface area contributed by atoms with Crippen LogP contribution in [0.25, 0.3) is 0 Å². The lowest BCUT2D eigenvalue weighted by atomic mass is 10.2. The molecule has 2 aromatic rings. The maximum atomic E-state index is 12.1. The van der Waals surface area contributed by atoms with Gasteiger partial charge in [0.25, 0.3) is 5.69 Å². The van der Waals surface area contributed by atoms with E-state index in [0.29, 0.717) is 24.2 Å². The van der Waals surface area contributed by atoms with Gasteiger partial charge in [-0.05, 0) is 36.4 Å². The molecule has 1 N–H and O–H groups in total. The summed E-state index contributed by atoms with van der Waals surface area (Å²) < 4.78 is 0. The number of piperazine rings is 1. The van der Waals surface area contributed by atoms with Gasteiger partial charge in [0.2, 0.25) is 5.91 Å². The Hall–Kier alpha value is -3.44. The van der Waals surface area contributed by atoms with Crippen LogP contribution in [-0.2, 0) is 4.79 Å². The minimum atomic E-state index is -0.398. The number of nitro benzene ring substituents is 1. The molecule has 0 saturated carbocycles. The van der Waals surface area contributed by atoms with Crippen molar-refractivity contribution in [2.45, 2.75) is 6.42 Å². The van der Waals surface area contributed by atoms with Crippen molar-refractivity contribution in [2.24, 2.45) is 0 Å². The second-order valence-electron chi connectivity index (χ2n) is 6.59. The topological polar surface area (TPSA) is 103 Å². The molecule has 0 bridgehead atoms. The predicted octanol–water partition coefficient (Wildman–Crippen LogP) is 2.62. The molecule has 1 aliphatic heterocycles. The van der Waals surface area contributed by atoms with E-state index in [4.69, 9.17) is 5.26 Å². The lowest BCUT2D eigenvalue weighted by Gasteiger charge is -2.36. The number of nitrogens with zero attached hydrogens (tertiary/aromatic N) is 4. The molecule has 1 saturated heterocycles. The summed E-state index contributed by atoms with van der Waals surface area (Å²) in [6.07, 6.45) is 0.400. The number of nitrogens with one attached hydrogen (secondary N) is 1. The van der Waals surface area contributed by atoms with Crippen LogP contribution < -0.4 is 10.2 Å². The largest absolute Gasteiger partial charge is 0.369 e. The van der Waals surface area contributed by atoms with Crippen LogP contribution in [0.15, 0.2) is 48.5 Å². The van der Waals surface area contributed by atoms with Crippen LogP contribution in [0.2, 0.25) is 0 Å². The van der Waals surface area contributed by atoms with Crippen molar-refractivity contribution in [2.75, 3.05) is 42.9 Å². The van der Waals surface area contributed by atoms with Crippen LogP contribution in [0.3, 0.4) is 0 Å². The van der Waals surface area contributed by atoms with Gasteiger partial charge >= 0.3 is 0 Å². The summed E-state index contributed by atoms with van der Waals surface area (Å²) in [5, 5.41) is 22.4. The van der Waals surface area contributed by atoms with E-state index in [1.807, 2.05) is 6.07 Å². The molecule has 144 valence electrons. The molecule has 8 heteroatoms. The predicted molar refractivity (Wildman–Crippen MR) is 106 cm³/mol. The first-order valence-corrected chi connectivity index (χ1v) is 9.07. The summed E-state index contributed by atoms with van der Waals surface area (Å²) in [6.45, 7) is 3.97. The molecular formula is C20H21N5O3. The molecule has 0 atom stereocenters. The third kappa shape index (κ3) is 5.05. The first-order chi connectivity index (χ1) is 13.5. The van der Waals surface area contributed by atoms with E-state index in [9.17, 15) is 14.9 Å². The van der Waals surface area contributed by atoms with Crippen molar-refractivity contribution in [1.29, 1.82) is 5.26 Å². The quantitative estimate of drug-likeness (QED) is 0.611. The molecule has 0 aliphatic carbocycles. The number of benzene rings is 2. The maximum absolute atomic E-state index is 12.1. The smallest absolute Gasteiger partial charge is 0.269 e. The first-order valence-electron chi connectivity index (χ1n) is 9.07. The fourth-order valence-electron chi connectivity index (χ4n) is 3.13. The third-order valence-electron chi connectivity index (χ3n) is 4.75. The Bertz CT molecular complexity index is 866. The number of hydrogen-bond acceptors (Lipinski definition) is 6. The van der Waals surface area contributed by atoms with Gasteiger partial charge in [0, 0.05) is 62.7 Å². The van der Waals surface area contributed by atoms with Crippen molar-refractivity contribution in [1.82, 2.24) is 4.90 Å². The average Bonchev–Trinajstić information content (AvgIpc) is 2.73. The molecule has 2 aromatic carbocycles. The maximum Gasteiger partial charge on any atom is 0.269 e. The van der Waals surface area contributed by atoms with Crippen molar-refractivity contribution >= 4 is 23.0 Å². The molecule has 1 heterocycles. The van der Waals surface area contributed by atoms with E-state index in [0.717, 1.165) is 31.9 Å². The highest BCUT2D eigenvalue weighted by Crippen LogP contribution is 2.20. The summed E-state index contributed by atoms with van der Waals surface area (Å²) in [7, 11) is 0. The molecule has 1 aliphatic rings. The molecule has 0 unspecified atom stereocenters. The number of nitriles is 1. The normalized spacial score (nSPS) is 14.3. The van der Waals surface area contributed by atoms with Gasteiger partial charge < -0.3 is 10.2 Å². The molecule has 0 radical (unpaired) electrons. The van der Waals surface area contributed by atoms with E-state index in [1.54, 1.807) is 36.4 Å². The fourth-order valence-corrected chi connectivity index (χ4v) is 3.13. The molecule has 0 aromatic heterocycles. The van der Waals surface area contributed by atoms with Crippen LogP contribution in [-0.4, -0.2) is 48.5 Å². The molecule has 3 rings (SSSR count). The molecule has 1 fully saturated rings. The Morgan fingerprint density at radius 3 is 2.29 bits per heavy atom. The summed E-state index contributed by atoms with van der Waals surface area (Å²) in [6, 6.07) is 15.4. The first kappa shape index (κ1) is 19.3. The van der Waals surface area contributed by atoms with E-state index < -0.39 is 4.92 Å². The molecule has 8 nitrogen and oxygen atoms in total. The summed E-state index contributed by atoms with van der Waals surface area (Å²) in [5.74, 6) is -0.0532. The Kier molecular flexibility index (Phi) is 6.19. The molecule has 1 amide bonds. The lowest BCUT2D eigenvalue weighted by molar-refractivity contribution is -0.384. The van der Waals surface area contributed by atoms with Crippen LogP contribution >= 0.6 is 0 Å². The zero-order chi connectivity index (χ0) is 19.9. The number of carbonyl (C=O) groups excluding carboxylic acids is 1.